The minimum atomic E-state index is -0.340. The van der Waals surface area contributed by atoms with Crippen molar-refractivity contribution < 1.29 is 8.91 Å². The van der Waals surface area contributed by atoms with Crippen molar-refractivity contribution in [3.63, 3.8) is 0 Å². The lowest BCUT2D eigenvalue weighted by Crippen LogP contribution is -2.21. The second kappa shape index (κ2) is 7.07. The molecule has 0 saturated carbocycles. The van der Waals surface area contributed by atoms with Gasteiger partial charge >= 0.3 is 0 Å². The van der Waals surface area contributed by atoms with Gasteiger partial charge in [0.05, 0.1) is 5.69 Å². The number of rotatable bonds is 4. The van der Waals surface area contributed by atoms with Gasteiger partial charge in [-0.25, -0.2) is 8.91 Å². The lowest BCUT2D eigenvalue weighted by atomic mass is 10.1. The number of fused-ring (bicyclic) bond motifs is 1. The van der Waals surface area contributed by atoms with Crippen LogP contribution >= 0.6 is 0 Å². The van der Waals surface area contributed by atoms with E-state index in [0.29, 0.717) is 16.9 Å². The van der Waals surface area contributed by atoms with Crippen LogP contribution in [-0.2, 0) is 6.54 Å². The highest BCUT2D eigenvalue weighted by Crippen LogP contribution is 2.22. The van der Waals surface area contributed by atoms with E-state index < -0.39 is 0 Å². The Morgan fingerprint density at radius 2 is 1.87 bits per heavy atom. The highest BCUT2D eigenvalue weighted by molar-refractivity contribution is 5.68. The van der Waals surface area contributed by atoms with Crippen molar-refractivity contribution in [2.75, 3.05) is 0 Å². The van der Waals surface area contributed by atoms with Gasteiger partial charge in [-0.05, 0) is 42.8 Å². The molecule has 0 fully saturated rings. The van der Waals surface area contributed by atoms with Crippen molar-refractivity contribution in [3.8, 4) is 22.6 Å². The first-order chi connectivity index (χ1) is 14.6. The van der Waals surface area contributed by atoms with E-state index in [1.807, 2.05) is 31.2 Å². The standard InChI is InChI=1S/C22H16FN5O2/c1-14-4-2-3-5-17(14)18-12-19-22(29)27(10-11-28(19)25-18)13-20-24-21(26-30-20)15-6-8-16(23)9-7-15/h2-12H,13H2,1H3. The Bertz CT molecular complexity index is 1420. The third-order valence-corrected chi connectivity index (χ3v) is 4.90. The Morgan fingerprint density at radius 3 is 2.67 bits per heavy atom. The average molecular weight is 401 g/mol. The van der Waals surface area contributed by atoms with Gasteiger partial charge in [-0.2, -0.15) is 10.1 Å². The summed E-state index contributed by atoms with van der Waals surface area (Å²) in [5.74, 6) is 0.276. The number of hydrogen-bond acceptors (Lipinski definition) is 5. The highest BCUT2D eigenvalue weighted by Gasteiger charge is 2.13. The summed E-state index contributed by atoms with van der Waals surface area (Å²) in [7, 11) is 0. The normalized spacial score (nSPS) is 11.3. The molecule has 0 amide bonds. The van der Waals surface area contributed by atoms with Crippen molar-refractivity contribution in [3.05, 3.63) is 94.6 Å². The van der Waals surface area contributed by atoms with Gasteiger partial charge in [0.15, 0.2) is 0 Å². The van der Waals surface area contributed by atoms with Crippen LogP contribution < -0.4 is 5.56 Å². The Balaban J connectivity index is 1.47. The predicted octanol–water partition coefficient (Wildman–Crippen LogP) is 3.71. The third-order valence-electron chi connectivity index (χ3n) is 4.90. The Morgan fingerprint density at radius 1 is 1.07 bits per heavy atom. The van der Waals surface area contributed by atoms with E-state index in [9.17, 15) is 9.18 Å². The van der Waals surface area contributed by atoms with E-state index in [4.69, 9.17) is 4.52 Å². The molecule has 0 bridgehead atoms. The van der Waals surface area contributed by atoms with E-state index in [1.165, 1.54) is 16.7 Å². The van der Waals surface area contributed by atoms with Crippen molar-refractivity contribution in [2.45, 2.75) is 13.5 Å². The molecule has 0 atom stereocenters. The van der Waals surface area contributed by atoms with Crippen molar-refractivity contribution in [1.29, 1.82) is 0 Å². The smallest absolute Gasteiger partial charge is 0.277 e. The molecule has 0 N–H and O–H groups in total. The number of hydrogen-bond donors (Lipinski definition) is 0. The molecule has 2 aromatic carbocycles. The van der Waals surface area contributed by atoms with Gasteiger partial charge in [-0.3, -0.25) is 4.79 Å². The zero-order valence-corrected chi connectivity index (χ0v) is 16.0. The molecule has 3 aromatic heterocycles. The maximum absolute atomic E-state index is 13.1. The molecular weight excluding hydrogens is 385 g/mol. The first-order valence-corrected chi connectivity index (χ1v) is 9.32. The monoisotopic (exact) mass is 401 g/mol. The van der Waals surface area contributed by atoms with Crippen LogP contribution in [0.25, 0.3) is 28.2 Å². The molecule has 148 valence electrons. The first-order valence-electron chi connectivity index (χ1n) is 9.32. The molecule has 0 saturated heterocycles. The summed E-state index contributed by atoms with van der Waals surface area (Å²) < 4.78 is 21.4. The quantitative estimate of drug-likeness (QED) is 0.459. The fourth-order valence-corrected chi connectivity index (χ4v) is 3.32. The average Bonchev–Trinajstić information content (AvgIpc) is 3.39. The summed E-state index contributed by atoms with van der Waals surface area (Å²) >= 11 is 0. The molecule has 3 heterocycles. The number of benzene rings is 2. The number of aromatic nitrogens is 5. The summed E-state index contributed by atoms with van der Waals surface area (Å²) in [4.78, 5) is 17.3. The van der Waals surface area contributed by atoms with Gasteiger partial charge in [-0.15, -0.1) is 0 Å². The van der Waals surface area contributed by atoms with Crippen molar-refractivity contribution in [1.82, 2.24) is 24.3 Å². The van der Waals surface area contributed by atoms with Crippen LogP contribution in [0.3, 0.4) is 0 Å². The molecule has 7 nitrogen and oxygen atoms in total. The van der Waals surface area contributed by atoms with E-state index in [2.05, 4.69) is 15.2 Å². The molecular formula is C22H16FN5O2. The maximum atomic E-state index is 13.1. The Kier molecular flexibility index (Phi) is 4.24. The van der Waals surface area contributed by atoms with Crippen LogP contribution in [0.5, 0.6) is 0 Å². The van der Waals surface area contributed by atoms with Gasteiger partial charge in [0, 0.05) is 23.5 Å². The molecule has 0 spiro atoms. The van der Waals surface area contributed by atoms with Crippen molar-refractivity contribution in [2.24, 2.45) is 0 Å². The summed E-state index contributed by atoms with van der Waals surface area (Å²) in [5.41, 5.74) is 3.67. The van der Waals surface area contributed by atoms with Gasteiger partial charge in [0.25, 0.3) is 5.56 Å². The van der Waals surface area contributed by atoms with Gasteiger partial charge in [-0.1, -0.05) is 29.4 Å². The molecule has 0 radical (unpaired) electrons. The Labute approximate surface area is 170 Å². The molecule has 0 aliphatic rings. The number of halogens is 1. The van der Waals surface area contributed by atoms with Crippen LogP contribution in [0.1, 0.15) is 11.5 Å². The fraction of sp³-hybridized carbons (Fsp3) is 0.0909. The second-order valence-corrected chi connectivity index (χ2v) is 6.92. The molecule has 0 aliphatic heterocycles. The fourth-order valence-electron chi connectivity index (χ4n) is 3.32. The largest absolute Gasteiger partial charge is 0.337 e. The first kappa shape index (κ1) is 18.0. The number of aryl methyl sites for hydroxylation is 1. The maximum Gasteiger partial charge on any atom is 0.277 e. The molecule has 5 rings (SSSR count). The molecule has 30 heavy (non-hydrogen) atoms. The van der Waals surface area contributed by atoms with Crippen LogP contribution in [0, 0.1) is 12.7 Å². The van der Waals surface area contributed by atoms with Crippen LogP contribution in [0.2, 0.25) is 0 Å². The van der Waals surface area contributed by atoms with Gasteiger partial charge in [0.1, 0.15) is 17.9 Å². The minimum Gasteiger partial charge on any atom is -0.337 e. The minimum absolute atomic E-state index is 0.119. The summed E-state index contributed by atoms with van der Waals surface area (Å²) in [6.45, 7) is 2.13. The van der Waals surface area contributed by atoms with Crippen molar-refractivity contribution >= 4 is 5.52 Å². The Hall–Kier alpha value is -4.07. The summed E-state index contributed by atoms with van der Waals surface area (Å²) in [6, 6.07) is 15.5. The highest BCUT2D eigenvalue weighted by atomic mass is 19.1. The third kappa shape index (κ3) is 3.18. The second-order valence-electron chi connectivity index (χ2n) is 6.92. The van der Waals surface area contributed by atoms with Crippen LogP contribution in [-0.4, -0.2) is 24.3 Å². The van der Waals surface area contributed by atoms with E-state index in [0.717, 1.165) is 16.8 Å². The van der Waals surface area contributed by atoms with E-state index >= 15 is 0 Å². The van der Waals surface area contributed by atoms with Gasteiger partial charge < -0.3 is 9.09 Å². The van der Waals surface area contributed by atoms with Crippen LogP contribution in [0.15, 0.2) is 76.3 Å². The molecule has 0 aliphatic carbocycles. The lowest BCUT2D eigenvalue weighted by molar-refractivity contribution is 0.370. The van der Waals surface area contributed by atoms with E-state index in [1.54, 1.807) is 35.1 Å². The summed E-state index contributed by atoms with van der Waals surface area (Å²) in [6.07, 6.45) is 3.35. The molecule has 5 aromatic rings. The molecule has 0 unspecified atom stereocenters. The SMILES string of the molecule is Cc1ccccc1-c1cc2c(=O)n(Cc3nc(-c4ccc(F)cc4)no3)ccn2n1. The topological polar surface area (TPSA) is 78.2 Å². The number of nitrogens with zero attached hydrogens (tertiary/aromatic N) is 5. The molecule has 8 heteroatoms. The van der Waals surface area contributed by atoms with Crippen LogP contribution in [0.4, 0.5) is 4.39 Å². The predicted molar refractivity (Wildman–Crippen MR) is 108 cm³/mol. The summed E-state index contributed by atoms with van der Waals surface area (Å²) in [5, 5.41) is 8.44. The van der Waals surface area contributed by atoms with Gasteiger partial charge in [0.2, 0.25) is 11.7 Å². The lowest BCUT2D eigenvalue weighted by Gasteiger charge is -2.02. The van der Waals surface area contributed by atoms with E-state index in [-0.39, 0.29) is 23.8 Å². The zero-order chi connectivity index (χ0) is 20.7. The zero-order valence-electron chi connectivity index (χ0n) is 16.0.